The summed E-state index contributed by atoms with van der Waals surface area (Å²) in [5.41, 5.74) is 17.2. The molecule has 0 aromatic heterocycles. The van der Waals surface area contributed by atoms with Crippen LogP contribution in [0.15, 0.2) is 68.9 Å². The number of nitrogens with one attached hydrogen (secondary N) is 1. The molecular weight excluding hydrogens is 470 g/mol. The van der Waals surface area contributed by atoms with Crippen molar-refractivity contribution in [1.82, 2.24) is 5.32 Å². The minimum atomic E-state index is 0.159. The lowest BCUT2D eigenvalue weighted by Crippen LogP contribution is -2.51. The Kier molecular flexibility index (Phi) is 5.04. The molecule has 37 heavy (non-hydrogen) atoms. The Morgan fingerprint density at radius 2 is 1.38 bits per heavy atom. The van der Waals surface area contributed by atoms with Crippen molar-refractivity contribution in [2.75, 3.05) is 18.9 Å². The zero-order valence-corrected chi connectivity index (χ0v) is 24.0. The standard InChI is InChI=1S/C34H41NOS/c1-7-20-12-35-19(6)25-15(2)31-28(16(3)26(20)25)24-14-37-34(31)32-18(5)30-27(17(4)29(24)32)23-13-36-33(30)22-11-9-8-10-21(22)23/h8-11,15-20,23-24,33-35H,7,12-14H2,1-6H3. The summed E-state index contributed by atoms with van der Waals surface area (Å²) in [6, 6.07) is 9.66. The fraction of sp³-hybridized carbons (Fsp3) is 0.588. The van der Waals surface area contributed by atoms with Gasteiger partial charge in [-0.2, -0.15) is 0 Å². The molecule has 10 rings (SSSR count). The molecule has 194 valence electrons. The predicted molar refractivity (Wildman–Crippen MR) is 154 cm³/mol. The van der Waals surface area contributed by atoms with Gasteiger partial charge in [-0.1, -0.05) is 81.2 Å². The summed E-state index contributed by atoms with van der Waals surface area (Å²) < 4.78 is 6.59. The molecule has 0 amide bonds. The largest absolute Gasteiger partial charge is 0.368 e. The van der Waals surface area contributed by atoms with Crippen LogP contribution in [0.4, 0.5) is 0 Å². The molecule has 1 N–H and O–H groups in total. The molecule has 0 radical (unpaired) electrons. The molecule has 10 unspecified atom stereocenters. The fourth-order valence-corrected chi connectivity index (χ4v) is 12.1. The van der Waals surface area contributed by atoms with Crippen LogP contribution in [0.2, 0.25) is 0 Å². The third-order valence-electron chi connectivity index (χ3n) is 11.6. The van der Waals surface area contributed by atoms with E-state index in [4.69, 9.17) is 4.74 Å². The van der Waals surface area contributed by atoms with E-state index >= 15 is 0 Å². The molecule has 4 bridgehead atoms. The molecule has 0 fully saturated rings. The molecule has 9 aliphatic rings. The molecule has 3 heteroatoms. The van der Waals surface area contributed by atoms with Crippen molar-refractivity contribution in [3.05, 3.63) is 80.0 Å². The highest BCUT2D eigenvalue weighted by Gasteiger charge is 2.56. The van der Waals surface area contributed by atoms with E-state index in [1.165, 1.54) is 17.7 Å². The van der Waals surface area contributed by atoms with Crippen LogP contribution in [-0.4, -0.2) is 30.2 Å². The van der Waals surface area contributed by atoms with Gasteiger partial charge in [0.2, 0.25) is 0 Å². The van der Waals surface area contributed by atoms with Gasteiger partial charge in [0.15, 0.2) is 0 Å². The van der Waals surface area contributed by atoms with Crippen LogP contribution in [0, 0.1) is 35.5 Å². The number of ether oxygens (including phenoxy) is 1. The van der Waals surface area contributed by atoms with Crippen molar-refractivity contribution in [2.24, 2.45) is 35.5 Å². The monoisotopic (exact) mass is 511 g/mol. The van der Waals surface area contributed by atoms with Crippen molar-refractivity contribution in [1.29, 1.82) is 0 Å². The van der Waals surface area contributed by atoms with E-state index in [0.29, 0.717) is 52.7 Å². The number of hydrogen-bond acceptors (Lipinski definition) is 3. The van der Waals surface area contributed by atoms with Gasteiger partial charge in [0.25, 0.3) is 0 Å². The quantitative estimate of drug-likeness (QED) is 0.398. The lowest BCUT2D eigenvalue weighted by molar-refractivity contribution is 0.0316. The topological polar surface area (TPSA) is 21.3 Å². The smallest absolute Gasteiger partial charge is 0.105 e. The first-order valence-corrected chi connectivity index (χ1v) is 16.0. The third kappa shape index (κ3) is 2.77. The van der Waals surface area contributed by atoms with Crippen molar-refractivity contribution >= 4 is 11.8 Å². The first-order chi connectivity index (χ1) is 17.9. The summed E-state index contributed by atoms with van der Waals surface area (Å²) in [7, 11) is 0. The van der Waals surface area contributed by atoms with E-state index in [1.807, 2.05) is 22.3 Å². The molecule has 4 aliphatic carbocycles. The van der Waals surface area contributed by atoms with Crippen LogP contribution in [-0.2, 0) is 4.74 Å². The van der Waals surface area contributed by atoms with E-state index in [2.05, 4.69) is 82.9 Å². The summed E-state index contributed by atoms with van der Waals surface area (Å²) >= 11 is 2.27. The molecule has 5 heterocycles. The highest BCUT2D eigenvalue weighted by molar-refractivity contribution is 8.00. The van der Waals surface area contributed by atoms with Crippen LogP contribution in [0.3, 0.4) is 0 Å². The minimum Gasteiger partial charge on any atom is -0.368 e. The van der Waals surface area contributed by atoms with Gasteiger partial charge >= 0.3 is 0 Å². The average molecular weight is 512 g/mol. The van der Waals surface area contributed by atoms with Gasteiger partial charge in [-0.15, -0.1) is 11.8 Å². The maximum absolute atomic E-state index is 6.59. The van der Waals surface area contributed by atoms with E-state index < -0.39 is 0 Å². The lowest BCUT2D eigenvalue weighted by Gasteiger charge is -2.58. The Balaban J connectivity index is 1.26. The summed E-state index contributed by atoms with van der Waals surface area (Å²) in [5.74, 6) is 5.23. The van der Waals surface area contributed by atoms with Gasteiger partial charge in [-0.05, 0) is 64.5 Å². The van der Waals surface area contributed by atoms with Crippen LogP contribution in [0.5, 0.6) is 0 Å². The van der Waals surface area contributed by atoms with E-state index in [-0.39, 0.29) is 6.10 Å². The molecule has 5 aliphatic heterocycles. The Morgan fingerprint density at radius 1 is 0.757 bits per heavy atom. The fourth-order valence-electron chi connectivity index (χ4n) is 10.3. The molecule has 1 aromatic rings. The number of benzene rings is 1. The van der Waals surface area contributed by atoms with Crippen molar-refractivity contribution in [3.8, 4) is 0 Å². The Hall–Kier alpha value is -1.55. The van der Waals surface area contributed by atoms with Crippen LogP contribution in [0.25, 0.3) is 0 Å². The van der Waals surface area contributed by atoms with Gasteiger partial charge in [0, 0.05) is 47.3 Å². The Labute approximate surface area is 227 Å². The lowest BCUT2D eigenvalue weighted by atomic mass is 9.53. The predicted octanol–water partition coefficient (Wildman–Crippen LogP) is 7.38. The summed E-state index contributed by atoms with van der Waals surface area (Å²) in [6.45, 7) is 17.1. The third-order valence-corrected chi connectivity index (χ3v) is 13.0. The average Bonchev–Trinajstić information content (AvgIpc) is 2.94. The molecule has 10 atom stereocenters. The number of rotatable bonds is 1. The minimum absolute atomic E-state index is 0.159. The normalized spacial score (nSPS) is 43.5. The first kappa shape index (κ1) is 23.3. The van der Waals surface area contributed by atoms with Gasteiger partial charge in [0.1, 0.15) is 6.10 Å². The van der Waals surface area contributed by atoms with E-state index in [0.717, 1.165) is 13.2 Å². The Morgan fingerprint density at radius 3 is 2.11 bits per heavy atom. The number of hydrogen-bond donors (Lipinski definition) is 1. The van der Waals surface area contributed by atoms with Gasteiger partial charge in [0.05, 0.1) is 6.61 Å². The van der Waals surface area contributed by atoms with Crippen LogP contribution < -0.4 is 5.32 Å². The van der Waals surface area contributed by atoms with Crippen molar-refractivity contribution in [3.63, 3.8) is 0 Å². The first-order valence-electron chi connectivity index (χ1n) is 14.9. The summed E-state index contributed by atoms with van der Waals surface area (Å²) in [4.78, 5) is 0. The van der Waals surface area contributed by atoms with Crippen LogP contribution >= 0.6 is 11.8 Å². The number of thioether (sulfide) groups is 1. The number of fused-ring (bicyclic) bond motifs is 2. The van der Waals surface area contributed by atoms with E-state index in [1.54, 1.807) is 27.9 Å². The second kappa shape index (κ2) is 7.99. The zero-order chi connectivity index (χ0) is 25.3. The van der Waals surface area contributed by atoms with Crippen molar-refractivity contribution < 1.29 is 4.74 Å². The van der Waals surface area contributed by atoms with Crippen molar-refractivity contribution in [2.45, 2.75) is 71.3 Å². The Bertz CT molecular complexity index is 1350. The second-order valence-electron chi connectivity index (χ2n) is 12.9. The number of allylic oxidation sites excluding steroid dienone is 2. The van der Waals surface area contributed by atoms with Crippen LogP contribution in [0.1, 0.15) is 71.1 Å². The maximum Gasteiger partial charge on any atom is 0.105 e. The van der Waals surface area contributed by atoms with Gasteiger partial charge in [-0.3, -0.25) is 0 Å². The maximum atomic E-state index is 6.59. The van der Waals surface area contributed by atoms with Gasteiger partial charge < -0.3 is 10.1 Å². The highest BCUT2D eigenvalue weighted by Crippen LogP contribution is 2.66. The molecule has 0 spiro atoms. The molecule has 0 saturated carbocycles. The molecule has 2 nitrogen and oxygen atoms in total. The SMILES string of the molecule is CCC1CNC(C)C2=C1C(C)C1=C(C2C)C2SCC1C1=C2C(C)C2=C(C1C)C1COC2c2ccccc21. The summed E-state index contributed by atoms with van der Waals surface area (Å²) in [6.07, 6.45) is 1.41. The zero-order valence-electron chi connectivity index (χ0n) is 23.2. The van der Waals surface area contributed by atoms with Gasteiger partial charge in [-0.25, -0.2) is 0 Å². The summed E-state index contributed by atoms with van der Waals surface area (Å²) in [5, 5.41) is 4.44. The highest BCUT2D eigenvalue weighted by atomic mass is 32.2. The molecular formula is C34H41NOS. The molecule has 0 saturated heterocycles. The second-order valence-corrected chi connectivity index (χ2v) is 14.1. The van der Waals surface area contributed by atoms with E-state index in [9.17, 15) is 0 Å². The molecule has 1 aromatic carbocycles.